The number of benzene rings is 7. The molecule has 3 heteroatoms. The van der Waals surface area contributed by atoms with Gasteiger partial charge in [0.25, 0.3) is 0 Å². The summed E-state index contributed by atoms with van der Waals surface area (Å²) in [5.74, 6) is 0. The predicted molar refractivity (Wildman–Crippen MR) is 200 cm³/mol. The van der Waals surface area contributed by atoms with Crippen molar-refractivity contribution >= 4 is 54.4 Å². The van der Waals surface area contributed by atoms with Crippen LogP contribution in [0, 0.1) is 0 Å². The standard InChI is InChI=1S/C45H27N3/c1-2-10-31(11-3-1)47-41-15-6-4-12-34(41)36-19-17-29(25-44(36)47)28-18-20-43-38(24-28)35-13-5-7-16-42(35)48(43)32-23-30-9-8-14-37-33-21-22-46-27-40(33)39(26-32)45(30)37/h1-27H. The second-order valence-electron chi connectivity index (χ2n) is 12.8. The summed E-state index contributed by atoms with van der Waals surface area (Å²) in [6.07, 6.45) is 3.91. The van der Waals surface area contributed by atoms with Crippen molar-refractivity contribution in [3.63, 3.8) is 0 Å². The molecule has 3 heterocycles. The van der Waals surface area contributed by atoms with Crippen LogP contribution in [0.15, 0.2) is 164 Å². The average molecular weight is 610 g/mol. The zero-order valence-electron chi connectivity index (χ0n) is 25.9. The van der Waals surface area contributed by atoms with Gasteiger partial charge in [-0.05, 0) is 99.3 Å². The highest BCUT2D eigenvalue weighted by Crippen LogP contribution is 2.48. The van der Waals surface area contributed by atoms with Gasteiger partial charge in [-0.2, -0.15) is 0 Å². The number of hydrogen-bond donors (Lipinski definition) is 0. The number of nitrogens with zero attached hydrogens (tertiary/aromatic N) is 3. The normalized spacial score (nSPS) is 12.2. The van der Waals surface area contributed by atoms with Crippen LogP contribution in [0.4, 0.5) is 0 Å². The first-order valence-electron chi connectivity index (χ1n) is 16.5. The monoisotopic (exact) mass is 609 g/mol. The van der Waals surface area contributed by atoms with Gasteiger partial charge in [0.1, 0.15) is 0 Å². The van der Waals surface area contributed by atoms with Gasteiger partial charge in [-0.15, -0.1) is 0 Å². The van der Waals surface area contributed by atoms with E-state index in [1.807, 2.05) is 12.4 Å². The van der Waals surface area contributed by atoms with Crippen molar-refractivity contribution in [2.45, 2.75) is 0 Å². The Morgan fingerprint density at radius 2 is 1.06 bits per heavy atom. The highest BCUT2D eigenvalue weighted by Gasteiger charge is 2.23. The zero-order chi connectivity index (χ0) is 31.3. The molecule has 0 saturated heterocycles. The van der Waals surface area contributed by atoms with Crippen LogP contribution < -0.4 is 0 Å². The van der Waals surface area contributed by atoms with Crippen molar-refractivity contribution in [2.75, 3.05) is 0 Å². The second-order valence-corrected chi connectivity index (χ2v) is 12.8. The van der Waals surface area contributed by atoms with E-state index in [4.69, 9.17) is 0 Å². The lowest BCUT2D eigenvalue weighted by Crippen LogP contribution is -1.95. The van der Waals surface area contributed by atoms with Gasteiger partial charge in [0.05, 0.1) is 22.1 Å². The van der Waals surface area contributed by atoms with Gasteiger partial charge in [0.2, 0.25) is 0 Å². The molecular formula is C45H27N3. The summed E-state index contributed by atoms with van der Waals surface area (Å²) in [5.41, 5.74) is 14.6. The Bertz CT molecular complexity index is 2940. The number of hydrogen-bond acceptors (Lipinski definition) is 1. The maximum atomic E-state index is 4.50. The van der Waals surface area contributed by atoms with Gasteiger partial charge in [-0.25, -0.2) is 0 Å². The Labute approximate surface area is 276 Å². The Balaban J connectivity index is 1.14. The summed E-state index contributed by atoms with van der Waals surface area (Å²) in [7, 11) is 0. The fourth-order valence-corrected chi connectivity index (χ4v) is 8.26. The maximum absolute atomic E-state index is 4.50. The first-order chi connectivity index (χ1) is 23.8. The Morgan fingerprint density at radius 1 is 0.375 bits per heavy atom. The molecule has 0 amide bonds. The van der Waals surface area contributed by atoms with Crippen LogP contribution in [0.1, 0.15) is 0 Å². The third kappa shape index (κ3) is 3.45. The number of fused-ring (bicyclic) bond motifs is 9. The summed E-state index contributed by atoms with van der Waals surface area (Å²) in [6, 6.07) is 55.6. The fourth-order valence-electron chi connectivity index (χ4n) is 8.26. The van der Waals surface area contributed by atoms with Gasteiger partial charge in [0, 0.05) is 50.9 Å². The smallest absolute Gasteiger partial charge is 0.0547 e. The molecule has 10 aromatic rings. The molecule has 0 atom stereocenters. The van der Waals surface area contributed by atoms with Crippen LogP contribution in [-0.2, 0) is 0 Å². The van der Waals surface area contributed by atoms with E-state index in [9.17, 15) is 0 Å². The SMILES string of the molecule is c1ccc(-n2c3ccccc3c3ccc(-c4ccc5c(c4)c4ccccc4n5-c4cc5c6c(cccc6c4)-c4ccncc4-5)cc32)cc1. The summed E-state index contributed by atoms with van der Waals surface area (Å²) >= 11 is 0. The molecule has 48 heavy (non-hydrogen) atoms. The van der Waals surface area contributed by atoms with Crippen molar-refractivity contribution in [1.82, 2.24) is 14.1 Å². The summed E-state index contributed by atoms with van der Waals surface area (Å²) < 4.78 is 4.82. The molecule has 0 aliphatic heterocycles. The molecule has 0 spiro atoms. The lowest BCUT2D eigenvalue weighted by atomic mass is 10.0. The van der Waals surface area contributed by atoms with Gasteiger partial charge in [-0.1, -0.05) is 91.0 Å². The molecule has 3 aromatic heterocycles. The average Bonchev–Trinajstić information content (AvgIpc) is 3.78. The van der Waals surface area contributed by atoms with Crippen LogP contribution in [0.5, 0.6) is 0 Å². The molecule has 1 aliphatic carbocycles. The molecule has 0 fully saturated rings. The summed E-state index contributed by atoms with van der Waals surface area (Å²) in [4.78, 5) is 4.50. The molecule has 1 aliphatic rings. The molecule has 0 saturated carbocycles. The van der Waals surface area contributed by atoms with E-state index >= 15 is 0 Å². The lowest BCUT2D eigenvalue weighted by Gasteiger charge is -2.12. The van der Waals surface area contributed by atoms with Crippen molar-refractivity contribution in [1.29, 1.82) is 0 Å². The first-order valence-corrected chi connectivity index (χ1v) is 16.5. The van der Waals surface area contributed by atoms with Gasteiger partial charge in [0.15, 0.2) is 0 Å². The largest absolute Gasteiger partial charge is 0.309 e. The minimum absolute atomic E-state index is 1.17. The van der Waals surface area contributed by atoms with Crippen molar-refractivity contribution in [3.05, 3.63) is 164 Å². The van der Waals surface area contributed by atoms with Crippen LogP contribution in [0.25, 0.3) is 99.1 Å². The molecule has 0 bridgehead atoms. The van der Waals surface area contributed by atoms with Crippen LogP contribution in [-0.4, -0.2) is 14.1 Å². The van der Waals surface area contributed by atoms with Crippen molar-refractivity contribution < 1.29 is 0 Å². The van der Waals surface area contributed by atoms with Crippen molar-refractivity contribution in [2.24, 2.45) is 0 Å². The molecular weight excluding hydrogens is 583 g/mol. The molecule has 0 unspecified atom stereocenters. The molecule has 7 aromatic carbocycles. The van der Waals surface area contributed by atoms with Gasteiger partial charge >= 0.3 is 0 Å². The Hall–Kier alpha value is -6.45. The van der Waals surface area contributed by atoms with Crippen LogP contribution >= 0.6 is 0 Å². The number of rotatable bonds is 3. The minimum atomic E-state index is 1.17. The first kappa shape index (κ1) is 25.7. The van der Waals surface area contributed by atoms with Crippen molar-refractivity contribution in [3.8, 4) is 44.8 Å². The predicted octanol–water partition coefficient (Wildman–Crippen LogP) is 11.7. The molecule has 222 valence electrons. The Kier molecular flexibility index (Phi) is 5.11. The molecule has 0 N–H and O–H groups in total. The van der Waals surface area contributed by atoms with E-state index in [1.165, 1.54) is 99.1 Å². The van der Waals surface area contributed by atoms with Gasteiger partial charge in [-0.3, -0.25) is 4.98 Å². The van der Waals surface area contributed by atoms with Crippen LogP contribution in [0.3, 0.4) is 0 Å². The number of para-hydroxylation sites is 3. The lowest BCUT2D eigenvalue weighted by molar-refractivity contribution is 1.18. The quantitative estimate of drug-likeness (QED) is 0.195. The van der Waals surface area contributed by atoms with E-state index in [0.29, 0.717) is 0 Å². The zero-order valence-corrected chi connectivity index (χ0v) is 25.9. The van der Waals surface area contributed by atoms with Gasteiger partial charge < -0.3 is 9.13 Å². The molecule has 0 radical (unpaired) electrons. The third-order valence-corrected chi connectivity index (χ3v) is 10.3. The fraction of sp³-hybridized carbons (Fsp3) is 0. The van der Waals surface area contributed by atoms with E-state index in [1.54, 1.807) is 0 Å². The minimum Gasteiger partial charge on any atom is -0.309 e. The summed E-state index contributed by atoms with van der Waals surface area (Å²) in [6.45, 7) is 0. The highest BCUT2D eigenvalue weighted by molar-refractivity contribution is 6.17. The summed E-state index contributed by atoms with van der Waals surface area (Å²) in [5, 5.41) is 7.60. The van der Waals surface area contributed by atoms with E-state index in [-0.39, 0.29) is 0 Å². The number of aromatic nitrogens is 3. The number of pyridine rings is 1. The van der Waals surface area contributed by atoms with E-state index < -0.39 is 0 Å². The van der Waals surface area contributed by atoms with E-state index in [0.717, 1.165) is 0 Å². The topological polar surface area (TPSA) is 22.8 Å². The second kappa shape index (κ2) is 9.54. The Morgan fingerprint density at radius 3 is 1.92 bits per heavy atom. The molecule has 3 nitrogen and oxygen atoms in total. The maximum Gasteiger partial charge on any atom is 0.0547 e. The highest BCUT2D eigenvalue weighted by atomic mass is 15.0. The van der Waals surface area contributed by atoms with E-state index in [2.05, 4.69) is 166 Å². The third-order valence-electron chi connectivity index (χ3n) is 10.3. The molecule has 11 rings (SSSR count). The van der Waals surface area contributed by atoms with Crippen LogP contribution in [0.2, 0.25) is 0 Å².